The molecule has 1 heterocycles. The minimum atomic E-state index is -0.583. The lowest BCUT2D eigenvalue weighted by molar-refractivity contribution is 0.219. The van der Waals surface area contributed by atoms with Gasteiger partial charge in [-0.2, -0.15) is 5.10 Å². The summed E-state index contributed by atoms with van der Waals surface area (Å²) in [4.78, 5) is 0. The third kappa shape index (κ3) is 1.78. The van der Waals surface area contributed by atoms with Gasteiger partial charge in [0, 0.05) is 18.3 Å². The number of benzene rings is 1. The topological polar surface area (TPSA) is 38.1 Å². The van der Waals surface area contributed by atoms with Gasteiger partial charge in [-0.1, -0.05) is 30.3 Å². The summed E-state index contributed by atoms with van der Waals surface area (Å²) in [6.45, 7) is 1.95. The SMILES string of the molecule is Cc1c(C(O)c2ccccc2)cnn1C. The highest BCUT2D eigenvalue weighted by atomic mass is 16.3. The fourth-order valence-electron chi connectivity index (χ4n) is 1.60. The molecule has 0 aliphatic rings. The van der Waals surface area contributed by atoms with Crippen LogP contribution in [0.25, 0.3) is 0 Å². The second-order valence-corrected chi connectivity index (χ2v) is 3.62. The van der Waals surface area contributed by atoms with Gasteiger partial charge in [0.2, 0.25) is 0 Å². The normalized spacial score (nSPS) is 12.7. The van der Waals surface area contributed by atoms with E-state index in [0.717, 1.165) is 16.8 Å². The molecule has 2 aromatic rings. The minimum Gasteiger partial charge on any atom is -0.384 e. The molecule has 0 saturated carbocycles. The Morgan fingerprint density at radius 3 is 2.47 bits per heavy atom. The van der Waals surface area contributed by atoms with Crippen LogP contribution in [0.2, 0.25) is 0 Å². The highest BCUT2D eigenvalue weighted by Gasteiger charge is 2.14. The van der Waals surface area contributed by atoms with Gasteiger partial charge in [0.05, 0.1) is 6.20 Å². The van der Waals surface area contributed by atoms with E-state index in [1.165, 1.54) is 0 Å². The van der Waals surface area contributed by atoms with Crippen molar-refractivity contribution in [2.24, 2.45) is 7.05 Å². The van der Waals surface area contributed by atoms with E-state index in [1.54, 1.807) is 10.9 Å². The molecular formula is C12H14N2O. The summed E-state index contributed by atoms with van der Waals surface area (Å²) in [5.74, 6) is 0. The fourth-order valence-corrected chi connectivity index (χ4v) is 1.60. The molecule has 1 aromatic carbocycles. The summed E-state index contributed by atoms with van der Waals surface area (Å²) in [6, 6.07) is 9.61. The largest absolute Gasteiger partial charge is 0.384 e. The van der Waals surface area contributed by atoms with Crippen molar-refractivity contribution in [3.8, 4) is 0 Å². The first-order valence-electron chi connectivity index (χ1n) is 4.91. The Bertz CT molecular complexity index is 448. The molecule has 0 aliphatic carbocycles. The van der Waals surface area contributed by atoms with Crippen LogP contribution in [0.15, 0.2) is 36.5 Å². The Balaban J connectivity index is 2.37. The lowest BCUT2D eigenvalue weighted by Crippen LogP contribution is -2.01. The molecular weight excluding hydrogens is 188 g/mol. The smallest absolute Gasteiger partial charge is 0.107 e. The number of aliphatic hydroxyl groups is 1. The van der Waals surface area contributed by atoms with E-state index in [1.807, 2.05) is 44.3 Å². The molecule has 1 atom stereocenters. The van der Waals surface area contributed by atoms with Crippen LogP contribution >= 0.6 is 0 Å². The molecule has 3 heteroatoms. The van der Waals surface area contributed by atoms with E-state index >= 15 is 0 Å². The summed E-state index contributed by atoms with van der Waals surface area (Å²) in [5, 5.41) is 14.3. The average Bonchev–Trinajstić information content (AvgIpc) is 2.60. The van der Waals surface area contributed by atoms with Gasteiger partial charge in [-0.25, -0.2) is 0 Å². The molecule has 0 fully saturated rings. The summed E-state index contributed by atoms with van der Waals surface area (Å²) >= 11 is 0. The maximum absolute atomic E-state index is 10.1. The van der Waals surface area contributed by atoms with Gasteiger partial charge in [0.1, 0.15) is 6.10 Å². The standard InChI is InChI=1S/C12H14N2O/c1-9-11(8-13-14(9)2)12(15)10-6-4-3-5-7-10/h3-8,12,15H,1-2H3. The van der Waals surface area contributed by atoms with Crippen LogP contribution in [0.5, 0.6) is 0 Å². The van der Waals surface area contributed by atoms with E-state index in [2.05, 4.69) is 5.10 Å². The second kappa shape index (κ2) is 3.87. The maximum atomic E-state index is 10.1. The van der Waals surface area contributed by atoms with E-state index in [9.17, 15) is 5.11 Å². The predicted molar refractivity (Wildman–Crippen MR) is 58.4 cm³/mol. The maximum Gasteiger partial charge on any atom is 0.107 e. The zero-order valence-corrected chi connectivity index (χ0v) is 8.88. The van der Waals surface area contributed by atoms with Crippen LogP contribution in [0.4, 0.5) is 0 Å². The van der Waals surface area contributed by atoms with Gasteiger partial charge in [-0.15, -0.1) is 0 Å². The molecule has 3 nitrogen and oxygen atoms in total. The highest BCUT2D eigenvalue weighted by molar-refractivity contribution is 5.30. The molecule has 0 radical (unpaired) electrons. The first-order chi connectivity index (χ1) is 7.20. The Morgan fingerprint density at radius 2 is 1.93 bits per heavy atom. The molecule has 2 rings (SSSR count). The Kier molecular flexibility index (Phi) is 2.56. The molecule has 0 aliphatic heterocycles. The zero-order chi connectivity index (χ0) is 10.8. The van der Waals surface area contributed by atoms with Gasteiger partial charge >= 0.3 is 0 Å². The van der Waals surface area contributed by atoms with Gasteiger partial charge in [0.15, 0.2) is 0 Å². The Hall–Kier alpha value is -1.61. The van der Waals surface area contributed by atoms with Crippen molar-refractivity contribution in [1.82, 2.24) is 9.78 Å². The van der Waals surface area contributed by atoms with E-state index in [0.29, 0.717) is 0 Å². The molecule has 0 spiro atoms. The number of rotatable bonds is 2. The number of nitrogens with zero attached hydrogens (tertiary/aromatic N) is 2. The van der Waals surface area contributed by atoms with Crippen LogP contribution in [0, 0.1) is 6.92 Å². The molecule has 78 valence electrons. The average molecular weight is 202 g/mol. The number of hydrogen-bond donors (Lipinski definition) is 1. The van der Waals surface area contributed by atoms with Crippen LogP contribution in [-0.4, -0.2) is 14.9 Å². The molecule has 0 bridgehead atoms. The van der Waals surface area contributed by atoms with Gasteiger partial charge in [-0.3, -0.25) is 4.68 Å². The number of aliphatic hydroxyl groups excluding tert-OH is 1. The van der Waals surface area contributed by atoms with Crippen LogP contribution in [-0.2, 0) is 7.05 Å². The van der Waals surface area contributed by atoms with Crippen molar-refractivity contribution >= 4 is 0 Å². The molecule has 0 amide bonds. The summed E-state index contributed by atoms with van der Waals surface area (Å²) in [7, 11) is 1.87. The Labute approximate surface area is 89.0 Å². The quantitative estimate of drug-likeness (QED) is 0.806. The summed E-state index contributed by atoms with van der Waals surface area (Å²) < 4.78 is 1.77. The first kappa shape index (κ1) is 9.93. The van der Waals surface area contributed by atoms with Crippen molar-refractivity contribution in [1.29, 1.82) is 0 Å². The van der Waals surface area contributed by atoms with E-state index in [-0.39, 0.29) is 0 Å². The highest BCUT2D eigenvalue weighted by Crippen LogP contribution is 2.23. The van der Waals surface area contributed by atoms with Crippen molar-refractivity contribution < 1.29 is 5.11 Å². The molecule has 15 heavy (non-hydrogen) atoms. The predicted octanol–water partition coefficient (Wildman–Crippen LogP) is 1.81. The van der Waals surface area contributed by atoms with Gasteiger partial charge in [0.25, 0.3) is 0 Å². The van der Waals surface area contributed by atoms with Crippen molar-refractivity contribution in [3.63, 3.8) is 0 Å². The molecule has 1 N–H and O–H groups in total. The lowest BCUT2D eigenvalue weighted by Gasteiger charge is -2.10. The number of aromatic nitrogens is 2. The third-order valence-corrected chi connectivity index (χ3v) is 2.68. The first-order valence-corrected chi connectivity index (χ1v) is 4.91. The van der Waals surface area contributed by atoms with E-state index < -0.39 is 6.10 Å². The van der Waals surface area contributed by atoms with E-state index in [4.69, 9.17) is 0 Å². The van der Waals surface area contributed by atoms with Crippen LogP contribution < -0.4 is 0 Å². The van der Waals surface area contributed by atoms with Crippen molar-refractivity contribution in [3.05, 3.63) is 53.3 Å². The lowest BCUT2D eigenvalue weighted by atomic mass is 10.0. The summed E-state index contributed by atoms with van der Waals surface area (Å²) in [5.41, 5.74) is 2.75. The fraction of sp³-hybridized carbons (Fsp3) is 0.250. The third-order valence-electron chi connectivity index (χ3n) is 2.68. The van der Waals surface area contributed by atoms with Crippen molar-refractivity contribution in [2.45, 2.75) is 13.0 Å². The second-order valence-electron chi connectivity index (χ2n) is 3.62. The van der Waals surface area contributed by atoms with Gasteiger partial charge in [-0.05, 0) is 12.5 Å². The molecule has 0 saturated heterocycles. The van der Waals surface area contributed by atoms with Crippen LogP contribution in [0.1, 0.15) is 22.9 Å². The monoisotopic (exact) mass is 202 g/mol. The molecule has 1 aromatic heterocycles. The van der Waals surface area contributed by atoms with Crippen LogP contribution in [0.3, 0.4) is 0 Å². The van der Waals surface area contributed by atoms with Crippen molar-refractivity contribution in [2.75, 3.05) is 0 Å². The number of aryl methyl sites for hydroxylation is 1. The minimum absolute atomic E-state index is 0.583. The Morgan fingerprint density at radius 1 is 1.27 bits per heavy atom. The zero-order valence-electron chi connectivity index (χ0n) is 8.88. The van der Waals surface area contributed by atoms with Gasteiger partial charge < -0.3 is 5.11 Å². The molecule has 1 unspecified atom stereocenters. The number of hydrogen-bond acceptors (Lipinski definition) is 2. The summed E-state index contributed by atoms with van der Waals surface area (Å²) in [6.07, 6.45) is 1.13.